The molecule has 1 saturated carbocycles. The van der Waals surface area contributed by atoms with Gasteiger partial charge in [0, 0.05) is 19.2 Å². The Morgan fingerprint density at radius 3 is 2.96 bits per heavy atom. The molecule has 3 aromatic rings. The third-order valence-electron chi connectivity index (χ3n) is 4.27. The SMILES string of the molecule is Cn1cc(C2CC2C(=O)Nc2nc3ccc(OCC(F)(F)F)cc3s2)cn1. The molecule has 1 N–H and O–H groups in total. The van der Waals surface area contributed by atoms with Gasteiger partial charge in [0.2, 0.25) is 5.91 Å². The number of thiazole rings is 1. The molecule has 0 aliphatic heterocycles. The summed E-state index contributed by atoms with van der Waals surface area (Å²) >= 11 is 1.20. The molecule has 1 aliphatic rings. The minimum Gasteiger partial charge on any atom is -0.484 e. The summed E-state index contributed by atoms with van der Waals surface area (Å²) in [6, 6.07) is 4.49. The van der Waals surface area contributed by atoms with Crippen molar-refractivity contribution in [3.8, 4) is 5.75 Å². The molecule has 27 heavy (non-hydrogen) atoms. The van der Waals surface area contributed by atoms with Crippen LogP contribution in [0.2, 0.25) is 0 Å². The molecular weight excluding hydrogens is 381 g/mol. The van der Waals surface area contributed by atoms with Gasteiger partial charge in [-0.1, -0.05) is 11.3 Å². The first kappa shape index (κ1) is 17.8. The third-order valence-corrected chi connectivity index (χ3v) is 5.21. The van der Waals surface area contributed by atoms with Gasteiger partial charge >= 0.3 is 6.18 Å². The fraction of sp³-hybridized carbons (Fsp3) is 0.353. The summed E-state index contributed by atoms with van der Waals surface area (Å²) in [4.78, 5) is 16.7. The van der Waals surface area contributed by atoms with Crippen molar-refractivity contribution in [3.63, 3.8) is 0 Å². The highest BCUT2D eigenvalue weighted by molar-refractivity contribution is 7.22. The van der Waals surface area contributed by atoms with E-state index in [1.165, 1.54) is 23.5 Å². The number of carbonyl (C=O) groups excluding carboxylic acids is 1. The molecule has 0 saturated heterocycles. The number of fused-ring (bicyclic) bond motifs is 1. The van der Waals surface area contributed by atoms with Gasteiger partial charge in [-0.3, -0.25) is 9.48 Å². The summed E-state index contributed by atoms with van der Waals surface area (Å²) in [7, 11) is 1.83. The minimum absolute atomic E-state index is 0.111. The van der Waals surface area contributed by atoms with Gasteiger partial charge < -0.3 is 10.1 Å². The van der Waals surface area contributed by atoms with Gasteiger partial charge in [-0.15, -0.1) is 0 Å². The van der Waals surface area contributed by atoms with Crippen LogP contribution in [0.5, 0.6) is 5.75 Å². The van der Waals surface area contributed by atoms with E-state index < -0.39 is 12.8 Å². The molecule has 142 valence electrons. The van der Waals surface area contributed by atoms with Crippen LogP contribution in [0, 0.1) is 5.92 Å². The smallest absolute Gasteiger partial charge is 0.422 e. The number of benzene rings is 1. The van der Waals surface area contributed by atoms with Crippen molar-refractivity contribution < 1.29 is 22.7 Å². The maximum Gasteiger partial charge on any atom is 0.422 e. The first-order valence-corrected chi connectivity index (χ1v) is 9.00. The highest BCUT2D eigenvalue weighted by atomic mass is 32.1. The number of hydrogen-bond donors (Lipinski definition) is 1. The van der Waals surface area contributed by atoms with E-state index >= 15 is 0 Å². The van der Waals surface area contributed by atoms with E-state index in [-0.39, 0.29) is 23.5 Å². The number of rotatable bonds is 5. The highest BCUT2D eigenvalue weighted by Crippen LogP contribution is 2.48. The number of halogens is 3. The zero-order chi connectivity index (χ0) is 19.2. The molecule has 1 amide bonds. The molecule has 0 radical (unpaired) electrons. The van der Waals surface area contributed by atoms with Gasteiger partial charge in [0.15, 0.2) is 11.7 Å². The maximum absolute atomic E-state index is 12.4. The van der Waals surface area contributed by atoms with E-state index in [9.17, 15) is 18.0 Å². The number of anilines is 1. The molecule has 2 unspecified atom stereocenters. The van der Waals surface area contributed by atoms with E-state index in [1.54, 1.807) is 16.9 Å². The normalized spacial score (nSPS) is 19.3. The van der Waals surface area contributed by atoms with Gasteiger partial charge in [-0.05, 0) is 36.1 Å². The maximum atomic E-state index is 12.4. The number of ether oxygens (including phenoxy) is 1. The Balaban J connectivity index is 1.41. The van der Waals surface area contributed by atoms with E-state index in [2.05, 4.69) is 15.4 Å². The lowest BCUT2D eigenvalue weighted by Gasteiger charge is -2.08. The van der Waals surface area contributed by atoms with Crippen LogP contribution in [0.1, 0.15) is 17.9 Å². The van der Waals surface area contributed by atoms with E-state index in [4.69, 9.17) is 4.74 Å². The molecule has 6 nitrogen and oxygen atoms in total. The van der Waals surface area contributed by atoms with E-state index in [1.807, 2.05) is 13.2 Å². The summed E-state index contributed by atoms with van der Waals surface area (Å²) in [5, 5.41) is 7.33. The lowest BCUT2D eigenvalue weighted by Crippen LogP contribution is -2.19. The summed E-state index contributed by atoms with van der Waals surface area (Å²) < 4.78 is 43.8. The number of nitrogens with one attached hydrogen (secondary N) is 1. The third kappa shape index (κ3) is 4.05. The topological polar surface area (TPSA) is 69.0 Å². The predicted molar refractivity (Wildman–Crippen MR) is 93.9 cm³/mol. The molecule has 4 rings (SSSR count). The zero-order valence-electron chi connectivity index (χ0n) is 14.2. The van der Waals surface area contributed by atoms with Crippen molar-refractivity contribution in [2.75, 3.05) is 11.9 Å². The van der Waals surface area contributed by atoms with E-state index in [0.29, 0.717) is 15.3 Å². The van der Waals surface area contributed by atoms with Crippen LogP contribution < -0.4 is 10.1 Å². The second-order valence-corrected chi connectivity index (χ2v) is 7.47. The standard InChI is InChI=1S/C17H15F3N4O2S/c1-24-7-9(6-21-24)11-5-12(11)15(25)23-16-22-13-3-2-10(4-14(13)27-16)26-8-17(18,19)20/h2-4,6-7,11-12H,5,8H2,1H3,(H,22,23,25). The van der Waals surface area contributed by atoms with Crippen LogP contribution >= 0.6 is 11.3 Å². The number of alkyl halides is 3. The number of carbonyl (C=O) groups is 1. The molecule has 2 heterocycles. The Labute approximate surface area is 156 Å². The molecule has 2 aromatic heterocycles. The Hall–Kier alpha value is -2.62. The van der Waals surface area contributed by atoms with Gasteiger partial charge in [-0.25, -0.2) is 4.98 Å². The highest BCUT2D eigenvalue weighted by Gasteiger charge is 2.44. The van der Waals surface area contributed by atoms with Crippen LogP contribution in [0.4, 0.5) is 18.3 Å². The van der Waals surface area contributed by atoms with Crippen LogP contribution in [-0.4, -0.2) is 33.5 Å². The van der Waals surface area contributed by atoms with Crippen molar-refractivity contribution in [1.82, 2.24) is 14.8 Å². The fourth-order valence-electron chi connectivity index (χ4n) is 2.90. The lowest BCUT2D eigenvalue weighted by molar-refractivity contribution is -0.153. The number of aromatic nitrogens is 3. The molecule has 10 heteroatoms. The molecule has 1 aliphatic carbocycles. The first-order valence-electron chi connectivity index (χ1n) is 8.18. The largest absolute Gasteiger partial charge is 0.484 e. The van der Waals surface area contributed by atoms with Crippen LogP contribution in [0.3, 0.4) is 0 Å². The van der Waals surface area contributed by atoms with Gasteiger partial charge in [0.1, 0.15) is 5.75 Å². The average Bonchev–Trinajstić information content (AvgIpc) is 3.12. The monoisotopic (exact) mass is 396 g/mol. The summed E-state index contributed by atoms with van der Waals surface area (Å²) in [6.07, 6.45) is 0.0327. The van der Waals surface area contributed by atoms with Crippen molar-refractivity contribution in [2.45, 2.75) is 18.5 Å². The van der Waals surface area contributed by atoms with Crippen LogP contribution in [0.15, 0.2) is 30.6 Å². The first-order chi connectivity index (χ1) is 12.8. The molecule has 0 bridgehead atoms. The summed E-state index contributed by atoms with van der Waals surface area (Å²) in [6.45, 7) is -1.35. The van der Waals surface area contributed by atoms with E-state index in [0.717, 1.165) is 12.0 Å². The Bertz CT molecular complexity index is 998. The number of nitrogens with zero attached hydrogens (tertiary/aromatic N) is 3. The van der Waals surface area contributed by atoms with Gasteiger partial charge in [0.25, 0.3) is 0 Å². The van der Waals surface area contributed by atoms with Crippen molar-refractivity contribution >= 4 is 32.6 Å². The van der Waals surface area contributed by atoms with Crippen LogP contribution in [-0.2, 0) is 11.8 Å². The Kier molecular flexibility index (Phi) is 4.29. The number of amides is 1. The van der Waals surface area contributed by atoms with Gasteiger partial charge in [-0.2, -0.15) is 18.3 Å². The van der Waals surface area contributed by atoms with Gasteiger partial charge in [0.05, 0.1) is 16.4 Å². The predicted octanol–water partition coefficient (Wildman–Crippen LogP) is 3.71. The van der Waals surface area contributed by atoms with Crippen molar-refractivity contribution in [1.29, 1.82) is 0 Å². The minimum atomic E-state index is -4.39. The Morgan fingerprint density at radius 2 is 2.26 bits per heavy atom. The van der Waals surface area contributed by atoms with Crippen LogP contribution in [0.25, 0.3) is 10.2 Å². The summed E-state index contributed by atoms with van der Waals surface area (Å²) in [5.41, 5.74) is 1.63. The molecule has 1 fully saturated rings. The zero-order valence-corrected chi connectivity index (χ0v) is 15.0. The number of hydrogen-bond acceptors (Lipinski definition) is 5. The number of aryl methyl sites for hydroxylation is 1. The Morgan fingerprint density at radius 1 is 1.44 bits per heavy atom. The molecule has 2 atom stereocenters. The lowest BCUT2D eigenvalue weighted by atomic mass is 10.2. The fourth-order valence-corrected chi connectivity index (χ4v) is 3.79. The molecule has 1 aromatic carbocycles. The van der Waals surface area contributed by atoms with Crippen molar-refractivity contribution in [2.24, 2.45) is 13.0 Å². The molecular formula is C17H15F3N4O2S. The average molecular weight is 396 g/mol. The second kappa shape index (κ2) is 6.52. The quantitative estimate of drug-likeness (QED) is 0.714. The molecule has 0 spiro atoms. The second-order valence-electron chi connectivity index (χ2n) is 6.44. The summed E-state index contributed by atoms with van der Waals surface area (Å²) in [5.74, 6) is 0.0407. The van der Waals surface area contributed by atoms with Crippen molar-refractivity contribution in [3.05, 3.63) is 36.2 Å².